The minimum Gasteiger partial charge on any atom is -0.228 e. The third kappa shape index (κ3) is 2.92. The fourth-order valence-electron chi connectivity index (χ4n) is 2.99. The molecule has 4 heteroatoms. The van der Waals surface area contributed by atoms with E-state index in [1.807, 2.05) is 53.2 Å². The molecule has 2 aromatic carbocycles. The van der Waals surface area contributed by atoms with Crippen molar-refractivity contribution in [3.63, 3.8) is 0 Å². The standard InChI is InChI=1S/C21H18ClN3/c1-14(2)20-12-19(16-8-10-17(22)11-9-16)24-21-18(13-23-25(20)21)15-6-4-3-5-7-15/h3-14H,1-2H3. The lowest BCUT2D eigenvalue weighted by atomic mass is 10.1. The van der Waals surface area contributed by atoms with Gasteiger partial charge in [0, 0.05) is 21.8 Å². The maximum absolute atomic E-state index is 6.03. The van der Waals surface area contributed by atoms with Gasteiger partial charge in [0.2, 0.25) is 0 Å². The predicted molar refractivity (Wildman–Crippen MR) is 103 cm³/mol. The van der Waals surface area contributed by atoms with Crippen LogP contribution in [0.15, 0.2) is 66.9 Å². The van der Waals surface area contributed by atoms with Crippen LogP contribution >= 0.6 is 11.6 Å². The highest BCUT2D eigenvalue weighted by Gasteiger charge is 2.15. The zero-order valence-corrected chi connectivity index (χ0v) is 14.9. The van der Waals surface area contributed by atoms with Gasteiger partial charge in [0.15, 0.2) is 5.65 Å². The monoisotopic (exact) mass is 347 g/mol. The predicted octanol–water partition coefficient (Wildman–Crippen LogP) is 5.84. The molecule has 0 unspecified atom stereocenters. The molecule has 0 aliphatic carbocycles. The Labute approximate surface area is 151 Å². The molecule has 4 aromatic rings. The number of rotatable bonds is 3. The Bertz CT molecular complexity index is 1020. The minimum atomic E-state index is 0.333. The number of hydrogen-bond acceptors (Lipinski definition) is 2. The van der Waals surface area contributed by atoms with Crippen molar-refractivity contribution in [1.29, 1.82) is 0 Å². The van der Waals surface area contributed by atoms with Gasteiger partial charge in [-0.05, 0) is 29.7 Å². The van der Waals surface area contributed by atoms with E-state index in [9.17, 15) is 0 Å². The van der Waals surface area contributed by atoms with Crippen molar-refractivity contribution in [1.82, 2.24) is 14.6 Å². The second-order valence-corrected chi connectivity index (χ2v) is 6.82. The van der Waals surface area contributed by atoms with Gasteiger partial charge in [-0.25, -0.2) is 9.50 Å². The molecule has 0 saturated heterocycles. The van der Waals surface area contributed by atoms with Crippen molar-refractivity contribution in [3.05, 3.63) is 77.6 Å². The van der Waals surface area contributed by atoms with Crippen molar-refractivity contribution in [2.75, 3.05) is 0 Å². The molecule has 0 radical (unpaired) electrons. The second-order valence-electron chi connectivity index (χ2n) is 6.39. The SMILES string of the molecule is CC(C)c1cc(-c2ccc(Cl)cc2)nc2c(-c3ccccc3)cnn12. The average Bonchev–Trinajstić information content (AvgIpc) is 3.06. The second kappa shape index (κ2) is 6.34. The van der Waals surface area contributed by atoms with E-state index >= 15 is 0 Å². The Morgan fingerprint density at radius 3 is 2.32 bits per heavy atom. The van der Waals surface area contributed by atoms with Gasteiger partial charge in [-0.2, -0.15) is 5.10 Å². The van der Waals surface area contributed by atoms with Crippen LogP contribution in [0.2, 0.25) is 5.02 Å². The van der Waals surface area contributed by atoms with Gasteiger partial charge in [0.1, 0.15) is 0 Å². The summed E-state index contributed by atoms with van der Waals surface area (Å²) < 4.78 is 1.95. The normalized spacial score (nSPS) is 11.4. The molecular weight excluding hydrogens is 330 g/mol. The molecule has 2 aromatic heterocycles. The van der Waals surface area contributed by atoms with E-state index in [-0.39, 0.29) is 0 Å². The molecule has 0 atom stereocenters. The van der Waals surface area contributed by atoms with Crippen LogP contribution in [0, 0.1) is 0 Å². The first-order chi connectivity index (χ1) is 12.1. The summed E-state index contributed by atoms with van der Waals surface area (Å²) >= 11 is 6.03. The summed E-state index contributed by atoms with van der Waals surface area (Å²) in [6.07, 6.45) is 1.90. The topological polar surface area (TPSA) is 30.2 Å². The van der Waals surface area contributed by atoms with Crippen molar-refractivity contribution < 1.29 is 0 Å². The summed E-state index contributed by atoms with van der Waals surface area (Å²) in [6.45, 7) is 4.34. The molecule has 0 bridgehead atoms. The van der Waals surface area contributed by atoms with Crippen LogP contribution in [0.1, 0.15) is 25.5 Å². The first-order valence-corrected chi connectivity index (χ1v) is 8.71. The highest BCUT2D eigenvalue weighted by atomic mass is 35.5. The summed E-state index contributed by atoms with van der Waals surface area (Å²) in [5, 5.41) is 5.32. The number of halogens is 1. The van der Waals surface area contributed by atoms with E-state index in [1.54, 1.807) is 0 Å². The van der Waals surface area contributed by atoms with Gasteiger partial charge in [0.05, 0.1) is 11.9 Å². The lowest BCUT2D eigenvalue weighted by Gasteiger charge is -2.12. The Morgan fingerprint density at radius 1 is 0.920 bits per heavy atom. The van der Waals surface area contributed by atoms with Crippen molar-refractivity contribution in [2.24, 2.45) is 0 Å². The average molecular weight is 348 g/mol. The van der Waals surface area contributed by atoms with Crippen LogP contribution in [-0.2, 0) is 0 Å². The van der Waals surface area contributed by atoms with Crippen molar-refractivity contribution in [2.45, 2.75) is 19.8 Å². The number of aromatic nitrogens is 3. The fourth-order valence-corrected chi connectivity index (χ4v) is 3.11. The van der Waals surface area contributed by atoms with Gasteiger partial charge < -0.3 is 0 Å². The van der Waals surface area contributed by atoms with E-state index < -0.39 is 0 Å². The lowest BCUT2D eigenvalue weighted by molar-refractivity contribution is 0.750. The van der Waals surface area contributed by atoms with Crippen LogP contribution in [0.4, 0.5) is 0 Å². The Kier molecular flexibility index (Phi) is 4.02. The van der Waals surface area contributed by atoms with Crippen LogP contribution in [0.3, 0.4) is 0 Å². The van der Waals surface area contributed by atoms with E-state index in [2.05, 4.69) is 37.1 Å². The largest absolute Gasteiger partial charge is 0.228 e. The maximum atomic E-state index is 6.03. The minimum absolute atomic E-state index is 0.333. The van der Waals surface area contributed by atoms with Gasteiger partial charge in [-0.1, -0.05) is 67.9 Å². The molecule has 3 nitrogen and oxygen atoms in total. The van der Waals surface area contributed by atoms with Crippen molar-refractivity contribution in [3.8, 4) is 22.4 Å². The van der Waals surface area contributed by atoms with Crippen molar-refractivity contribution >= 4 is 17.2 Å². The summed E-state index contributed by atoms with van der Waals surface area (Å²) in [6, 6.07) is 20.2. The highest BCUT2D eigenvalue weighted by molar-refractivity contribution is 6.30. The molecule has 4 rings (SSSR count). The number of nitrogens with zero attached hydrogens (tertiary/aromatic N) is 3. The maximum Gasteiger partial charge on any atom is 0.163 e. The molecule has 2 heterocycles. The molecule has 0 saturated carbocycles. The molecule has 0 N–H and O–H groups in total. The van der Waals surface area contributed by atoms with Crippen LogP contribution < -0.4 is 0 Å². The zero-order chi connectivity index (χ0) is 17.4. The van der Waals surface area contributed by atoms with Gasteiger partial charge in [-0.3, -0.25) is 0 Å². The van der Waals surface area contributed by atoms with Gasteiger partial charge in [0.25, 0.3) is 0 Å². The Hall–Kier alpha value is -2.65. The summed E-state index contributed by atoms with van der Waals surface area (Å²) in [5.41, 5.74) is 6.16. The van der Waals surface area contributed by atoms with Crippen LogP contribution in [-0.4, -0.2) is 14.6 Å². The first kappa shape index (κ1) is 15.9. The van der Waals surface area contributed by atoms with Crippen LogP contribution in [0.25, 0.3) is 28.0 Å². The molecule has 0 aliphatic rings. The summed E-state index contributed by atoms with van der Waals surface area (Å²) in [4.78, 5) is 4.91. The van der Waals surface area contributed by atoms with Crippen LogP contribution in [0.5, 0.6) is 0 Å². The Morgan fingerprint density at radius 2 is 1.64 bits per heavy atom. The highest BCUT2D eigenvalue weighted by Crippen LogP contribution is 2.29. The third-order valence-electron chi connectivity index (χ3n) is 4.32. The third-order valence-corrected chi connectivity index (χ3v) is 4.57. The quantitative estimate of drug-likeness (QED) is 0.466. The van der Waals surface area contributed by atoms with E-state index in [4.69, 9.17) is 16.6 Å². The van der Waals surface area contributed by atoms with E-state index in [1.165, 1.54) is 0 Å². The van der Waals surface area contributed by atoms with Gasteiger partial charge in [-0.15, -0.1) is 0 Å². The smallest absolute Gasteiger partial charge is 0.163 e. The summed E-state index contributed by atoms with van der Waals surface area (Å²) in [5.74, 6) is 0.333. The number of benzene rings is 2. The molecule has 25 heavy (non-hydrogen) atoms. The Balaban J connectivity index is 1.98. The molecular formula is C21H18ClN3. The fraction of sp³-hybridized carbons (Fsp3) is 0.143. The molecule has 124 valence electrons. The van der Waals surface area contributed by atoms with E-state index in [0.717, 1.165) is 38.7 Å². The molecule has 0 fully saturated rings. The molecule has 0 amide bonds. The molecule has 0 aliphatic heterocycles. The van der Waals surface area contributed by atoms with E-state index in [0.29, 0.717) is 5.92 Å². The number of hydrogen-bond donors (Lipinski definition) is 0. The van der Waals surface area contributed by atoms with Gasteiger partial charge >= 0.3 is 0 Å². The molecule has 0 spiro atoms. The number of fused-ring (bicyclic) bond motifs is 1. The first-order valence-electron chi connectivity index (χ1n) is 8.33. The lowest BCUT2D eigenvalue weighted by Crippen LogP contribution is -2.03. The zero-order valence-electron chi connectivity index (χ0n) is 14.1. The summed E-state index contributed by atoms with van der Waals surface area (Å²) in [7, 11) is 0.